The third-order valence-corrected chi connectivity index (χ3v) is 5.23. The summed E-state index contributed by atoms with van der Waals surface area (Å²) < 4.78 is 39.0. The van der Waals surface area contributed by atoms with Gasteiger partial charge < -0.3 is 9.80 Å². The molecule has 21 heavy (non-hydrogen) atoms. The van der Waals surface area contributed by atoms with E-state index in [-0.39, 0.29) is 12.0 Å². The molecule has 3 fully saturated rings. The second-order valence-corrected chi connectivity index (χ2v) is 7.28. The molecule has 3 aliphatic rings. The summed E-state index contributed by atoms with van der Waals surface area (Å²) >= 11 is 0. The lowest BCUT2D eigenvalue weighted by Gasteiger charge is -2.43. The summed E-state index contributed by atoms with van der Waals surface area (Å²) in [7, 11) is 1.90. The standard InChI is InChI=1S/C16H29F3N2/c1-12(2)21-10-13-6-4-5-7-14(11-21)15(20(3)9-13)8-16(17,18)19/h12-15H,4-11H2,1-3H3/t13?,14?,15-/m1/s1. The summed E-state index contributed by atoms with van der Waals surface area (Å²) in [6, 6.07) is 0.0650. The average Bonchev–Trinajstić information content (AvgIpc) is 2.48. The van der Waals surface area contributed by atoms with Crippen molar-refractivity contribution in [1.29, 1.82) is 0 Å². The minimum Gasteiger partial charge on any atom is -0.302 e. The molecule has 0 spiro atoms. The Morgan fingerprint density at radius 3 is 2.33 bits per heavy atom. The molecule has 0 aromatic carbocycles. The Labute approximate surface area is 126 Å². The number of alkyl halides is 3. The van der Waals surface area contributed by atoms with Gasteiger partial charge in [0.15, 0.2) is 0 Å². The smallest absolute Gasteiger partial charge is 0.302 e. The highest BCUT2D eigenvalue weighted by molar-refractivity contribution is 4.89. The van der Waals surface area contributed by atoms with Crippen molar-refractivity contribution in [3.05, 3.63) is 0 Å². The molecule has 3 atom stereocenters. The van der Waals surface area contributed by atoms with Crippen LogP contribution in [0, 0.1) is 11.8 Å². The minimum absolute atomic E-state index is 0.137. The maximum absolute atomic E-state index is 13.0. The average molecular weight is 306 g/mol. The molecular formula is C16H29F3N2. The molecule has 3 saturated heterocycles. The van der Waals surface area contributed by atoms with Crippen molar-refractivity contribution in [3.8, 4) is 0 Å². The van der Waals surface area contributed by atoms with E-state index in [1.54, 1.807) is 0 Å². The second kappa shape index (κ2) is 6.86. The molecule has 2 nitrogen and oxygen atoms in total. The van der Waals surface area contributed by atoms with Crippen LogP contribution in [0.5, 0.6) is 0 Å². The summed E-state index contributed by atoms with van der Waals surface area (Å²) in [5, 5.41) is 0. The Kier molecular flexibility index (Phi) is 5.58. The third kappa shape index (κ3) is 4.85. The van der Waals surface area contributed by atoms with Crippen molar-refractivity contribution in [1.82, 2.24) is 9.80 Å². The lowest BCUT2D eigenvalue weighted by Crippen LogP contribution is -2.52. The molecule has 124 valence electrons. The van der Waals surface area contributed by atoms with Gasteiger partial charge in [-0.15, -0.1) is 0 Å². The van der Waals surface area contributed by atoms with Crippen molar-refractivity contribution in [2.75, 3.05) is 26.7 Å². The van der Waals surface area contributed by atoms with E-state index < -0.39 is 12.6 Å². The molecule has 0 aromatic rings. The quantitative estimate of drug-likeness (QED) is 0.766. The van der Waals surface area contributed by atoms with Gasteiger partial charge in [-0.25, -0.2) is 0 Å². The number of hydrogen-bond donors (Lipinski definition) is 0. The highest BCUT2D eigenvalue weighted by atomic mass is 19.4. The van der Waals surface area contributed by atoms with Crippen LogP contribution in [-0.4, -0.2) is 54.7 Å². The van der Waals surface area contributed by atoms with Crippen molar-refractivity contribution in [2.24, 2.45) is 11.8 Å². The molecular weight excluding hydrogens is 277 g/mol. The van der Waals surface area contributed by atoms with Crippen LogP contribution in [0.25, 0.3) is 0 Å². The number of rotatable bonds is 2. The van der Waals surface area contributed by atoms with E-state index in [0.29, 0.717) is 12.0 Å². The Morgan fingerprint density at radius 1 is 1.05 bits per heavy atom. The van der Waals surface area contributed by atoms with Gasteiger partial charge in [-0.05, 0) is 45.6 Å². The van der Waals surface area contributed by atoms with Gasteiger partial charge in [0.25, 0.3) is 0 Å². The summed E-state index contributed by atoms with van der Waals surface area (Å²) in [5.41, 5.74) is 0. The first-order valence-corrected chi connectivity index (χ1v) is 8.27. The zero-order chi connectivity index (χ0) is 15.6. The Bertz CT molecular complexity index is 330. The summed E-state index contributed by atoms with van der Waals surface area (Å²) in [4.78, 5) is 4.42. The monoisotopic (exact) mass is 306 g/mol. The van der Waals surface area contributed by atoms with Crippen LogP contribution in [-0.2, 0) is 0 Å². The fourth-order valence-electron chi connectivity index (χ4n) is 4.08. The molecule has 0 saturated carbocycles. The lowest BCUT2D eigenvalue weighted by atomic mass is 9.89. The molecule has 3 heterocycles. The highest BCUT2D eigenvalue weighted by Crippen LogP contribution is 2.34. The second-order valence-electron chi connectivity index (χ2n) is 7.28. The molecule has 2 bridgehead atoms. The van der Waals surface area contributed by atoms with Gasteiger partial charge in [0.05, 0.1) is 6.42 Å². The maximum atomic E-state index is 13.0. The predicted octanol–water partition coefficient (Wildman–Crippen LogP) is 3.77. The van der Waals surface area contributed by atoms with Crippen molar-refractivity contribution >= 4 is 0 Å². The minimum atomic E-state index is -4.07. The van der Waals surface area contributed by atoms with Crippen LogP contribution in [0.15, 0.2) is 0 Å². The van der Waals surface area contributed by atoms with Crippen LogP contribution in [0.4, 0.5) is 13.2 Å². The van der Waals surface area contributed by atoms with Gasteiger partial charge in [0.2, 0.25) is 0 Å². The molecule has 3 rings (SSSR count). The zero-order valence-corrected chi connectivity index (χ0v) is 13.5. The number of nitrogens with zero attached hydrogens (tertiary/aromatic N) is 2. The Hall–Kier alpha value is -0.290. The van der Waals surface area contributed by atoms with Gasteiger partial charge in [-0.1, -0.05) is 12.8 Å². The molecule has 0 amide bonds. The van der Waals surface area contributed by atoms with E-state index in [0.717, 1.165) is 38.9 Å². The normalized spacial score (nSPS) is 33.6. The predicted molar refractivity (Wildman–Crippen MR) is 79.2 cm³/mol. The Balaban J connectivity index is 2.23. The summed E-state index contributed by atoms with van der Waals surface area (Å²) in [6.07, 6.45) is -0.398. The van der Waals surface area contributed by atoms with Crippen molar-refractivity contribution in [3.63, 3.8) is 0 Å². The molecule has 0 radical (unpaired) electrons. The van der Waals surface area contributed by atoms with E-state index in [1.165, 1.54) is 6.42 Å². The van der Waals surface area contributed by atoms with E-state index in [9.17, 15) is 13.2 Å². The maximum Gasteiger partial charge on any atom is 0.390 e. The van der Waals surface area contributed by atoms with E-state index >= 15 is 0 Å². The van der Waals surface area contributed by atoms with Gasteiger partial charge >= 0.3 is 6.18 Å². The fraction of sp³-hybridized carbons (Fsp3) is 1.00. The number of hydrogen-bond acceptors (Lipinski definition) is 2. The summed E-state index contributed by atoms with van der Waals surface area (Å²) in [6.45, 7) is 6.99. The van der Waals surface area contributed by atoms with Crippen molar-refractivity contribution in [2.45, 2.75) is 64.2 Å². The van der Waals surface area contributed by atoms with Gasteiger partial charge in [0, 0.05) is 31.7 Å². The van der Waals surface area contributed by atoms with Gasteiger partial charge in [-0.3, -0.25) is 0 Å². The van der Waals surface area contributed by atoms with Crippen LogP contribution in [0.3, 0.4) is 0 Å². The molecule has 0 N–H and O–H groups in total. The molecule has 0 aromatic heterocycles. The SMILES string of the molecule is CC(C)N1CC2CCCCC(C1)[C@@H](CC(F)(F)F)N(C)C2. The van der Waals surface area contributed by atoms with Crippen molar-refractivity contribution < 1.29 is 13.2 Å². The Morgan fingerprint density at radius 2 is 1.71 bits per heavy atom. The largest absolute Gasteiger partial charge is 0.390 e. The third-order valence-electron chi connectivity index (χ3n) is 5.23. The first-order valence-electron chi connectivity index (χ1n) is 8.27. The van der Waals surface area contributed by atoms with E-state index in [4.69, 9.17) is 0 Å². The number of fused-ring (bicyclic) bond motifs is 7. The molecule has 5 heteroatoms. The van der Waals surface area contributed by atoms with Crippen LogP contribution in [0.2, 0.25) is 0 Å². The van der Waals surface area contributed by atoms with Gasteiger partial charge in [-0.2, -0.15) is 13.2 Å². The number of halogens is 3. The van der Waals surface area contributed by atoms with Gasteiger partial charge in [0.1, 0.15) is 0 Å². The first-order chi connectivity index (χ1) is 9.76. The fourth-order valence-corrected chi connectivity index (χ4v) is 4.08. The topological polar surface area (TPSA) is 6.48 Å². The van der Waals surface area contributed by atoms with Crippen LogP contribution >= 0.6 is 0 Å². The summed E-state index contributed by atoms with van der Waals surface area (Å²) in [5.74, 6) is 0.644. The first kappa shape index (κ1) is 17.1. The van der Waals surface area contributed by atoms with E-state index in [2.05, 4.69) is 18.7 Å². The molecule has 0 aliphatic carbocycles. The van der Waals surface area contributed by atoms with Crippen LogP contribution < -0.4 is 0 Å². The van der Waals surface area contributed by atoms with E-state index in [1.807, 2.05) is 11.9 Å². The lowest BCUT2D eigenvalue weighted by molar-refractivity contribution is -0.153. The molecule has 3 aliphatic heterocycles. The highest BCUT2D eigenvalue weighted by Gasteiger charge is 2.40. The molecule has 2 unspecified atom stereocenters. The van der Waals surface area contributed by atoms with Crippen LogP contribution in [0.1, 0.15) is 46.0 Å². The zero-order valence-electron chi connectivity index (χ0n) is 13.5.